The second-order valence-electron chi connectivity index (χ2n) is 6.41. The fourth-order valence-corrected chi connectivity index (χ4v) is 3.09. The lowest BCUT2D eigenvalue weighted by Gasteiger charge is -2.35. The first-order valence-corrected chi connectivity index (χ1v) is 8.84. The van der Waals surface area contributed by atoms with E-state index in [2.05, 4.69) is 31.2 Å². The van der Waals surface area contributed by atoms with E-state index in [9.17, 15) is 9.90 Å². The highest BCUT2D eigenvalue weighted by molar-refractivity contribution is 5.67. The molecule has 128 valence electrons. The molecule has 2 unspecified atom stereocenters. The Labute approximate surface area is 139 Å². The number of β-amino-alcohol motifs (C(OH)–C–C–N with tert-alkyl or cyclic N) is 1. The van der Waals surface area contributed by atoms with Gasteiger partial charge in [-0.1, -0.05) is 43.7 Å². The molecule has 1 heterocycles. The van der Waals surface area contributed by atoms with Crippen molar-refractivity contribution in [2.45, 2.75) is 51.6 Å². The molecule has 0 saturated carbocycles. The number of hydrogen-bond acceptors (Lipinski definition) is 3. The highest BCUT2D eigenvalue weighted by Gasteiger charge is 2.30. The molecule has 1 amide bonds. The number of carbonyl (C=O) groups is 1. The maximum absolute atomic E-state index is 11.9. The van der Waals surface area contributed by atoms with Crippen LogP contribution in [0.25, 0.3) is 0 Å². The number of unbranched alkanes of at least 4 members (excludes halogenated alkanes) is 1. The van der Waals surface area contributed by atoms with Crippen LogP contribution in [0.3, 0.4) is 0 Å². The predicted molar refractivity (Wildman–Crippen MR) is 91.3 cm³/mol. The summed E-state index contributed by atoms with van der Waals surface area (Å²) < 4.78 is 5.22. The van der Waals surface area contributed by atoms with E-state index in [4.69, 9.17) is 4.74 Å². The van der Waals surface area contributed by atoms with Gasteiger partial charge in [0.15, 0.2) is 0 Å². The number of aryl methyl sites for hydroxylation is 1. The summed E-state index contributed by atoms with van der Waals surface area (Å²) in [5, 5.41) is 10.3. The number of aliphatic hydroxyl groups excluding tert-OH is 1. The van der Waals surface area contributed by atoms with Gasteiger partial charge < -0.3 is 14.7 Å². The van der Waals surface area contributed by atoms with Crippen molar-refractivity contribution in [3.8, 4) is 0 Å². The molecule has 0 spiro atoms. The topological polar surface area (TPSA) is 49.8 Å². The van der Waals surface area contributed by atoms with Crippen LogP contribution in [-0.2, 0) is 11.2 Å². The molecule has 23 heavy (non-hydrogen) atoms. The molecule has 1 aromatic rings. The van der Waals surface area contributed by atoms with Gasteiger partial charge in [0.1, 0.15) is 0 Å². The standard InChI is InChI=1S/C19H29NO3/c1-2-3-14-23-19(22)20-13-12-17(18(21)15-20)11-7-10-16-8-5-4-6-9-16/h4-6,8-9,17-18,21H,2-3,7,10-15H2,1H3. The van der Waals surface area contributed by atoms with E-state index in [1.54, 1.807) is 4.90 Å². The first-order valence-electron chi connectivity index (χ1n) is 8.84. The first kappa shape index (κ1) is 17.8. The number of hydrogen-bond donors (Lipinski definition) is 1. The van der Waals surface area contributed by atoms with Crippen molar-refractivity contribution < 1.29 is 14.6 Å². The maximum Gasteiger partial charge on any atom is 0.409 e. The lowest BCUT2D eigenvalue weighted by Crippen LogP contribution is -2.46. The third-order valence-corrected chi connectivity index (χ3v) is 4.59. The molecular formula is C19H29NO3. The Morgan fingerprint density at radius 2 is 2.09 bits per heavy atom. The van der Waals surface area contributed by atoms with Crippen molar-refractivity contribution in [1.82, 2.24) is 4.90 Å². The molecule has 4 nitrogen and oxygen atoms in total. The number of aliphatic hydroxyl groups is 1. The van der Waals surface area contributed by atoms with Crippen molar-refractivity contribution in [2.75, 3.05) is 19.7 Å². The van der Waals surface area contributed by atoms with Crippen LogP contribution in [0.1, 0.15) is 44.6 Å². The third-order valence-electron chi connectivity index (χ3n) is 4.59. The Morgan fingerprint density at radius 1 is 1.30 bits per heavy atom. The van der Waals surface area contributed by atoms with Gasteiger partial charge in [0, 0.05) is 6.54 Å². The Hall–Kier alpha value is -1.55. The second kappa shape index (κ2) is 9.56. The van der Waals surface area contributed by atoms with Gasteiger partial charge in [-0.25, -0.2) is 4.79 Å². The molecule has 1 saturated heterocycles. The number of carbonyl (C=O) groups excluding carboxylic acids is 1. The van der Waals surface area contributed by atoms with Crippen LogP contribution in [0.4, 0.5) is 4.79 Å². The van der Waals surface area contributed by atoms with Crippen LogP contribution >= 0.6 is 0 Å². The summed E-state index contributed by atoms with van der Waals surface area (Å²) in [6.07, 6.45) is 5.19. The molecule has 1 aliphatic heterocycles. The second-order valence-corrected chi connectivity index (χ2v) is 6.41. The number of rotatable bonds is 7. The maximum atomic E-state index is 11.9. The number of nitrogens with zero attached hydrogens (tertiary/aromatic N) is 1. The number of benzene rings is 1. The zero-order chi connectivity index (χ0) is 16.5. The summed E-state index contributed by atoms with van der Waals surface area (Å²) in [6.45, 7) is 3.64. The molecule has 1 fully saturated rings. The molecule has 4 heteroatoms. The molecule has 1 N–H and O–H groups in total. The smallest absolute Gasteiger partial charge is 0.409 e. The predicted octanol–water partition coefficient (Wildman–Crippen LogP) is 3.63. The van der Waals surface area contributed by atoms with Gasteiger partial charge in [-0.3, -0.25) is 0 Å². The van der Waals surface area contributed by atoms with E-state index >= 15 is 0 Å². The fraction of sp³-hybridized carbons (Fsp3) is 0.632. The number of likely N-dealkylation sites (tertiary alicyclic amines) is 1. The van der Waals surface area contributed by atoms with Crippen LogP contribution in [0.2, 0.25) is 0 Å². The van der Waals surface area contributed by atoms with Crippen molar-refractivity contribution in [3.63, 3.8) is 0 Å². The van der Waals surface area contributed by atoms with E-state index in [1.165, 1.54) is 5.56 Å². The largest absolute Gasteiger partial charge is 0.449 e. The highest BCUT2D eigenvalue weighted by Crippen LogP contribution is 2.24. The lowest BCUT2D eigenvalue weighted by atomic mass is 9.88. The third kappa shape index (κ3) is 5.87. The fourth-order valence-electron chi connectivity index (χ4n) is 3.09. The van der Waals surface area contributed by atoms with Crippen LogP contribution < -0.4 is 0 Å². The Balaban J connectivity index is 1.68. The Kier molecular flexibility index (Phi) is 7.40. The molecule has 2 rings (SSSR count). The van der Waals surface area contributed by atoms with Gasteiger partial charge >= 0.3 is 6.09 Å². The summed E-state index contributed by atoms with van der Waals surface area (Å²) in [4.78, 5) is 13.6. The summed E-state index contributed by atoms with van der Waals surface area (Å²) in [5.74, 6) is 0.290. The van der Waals surface area contributed by atoms with E-state index in [1.807, 2.05) is 6.07 Å². The quantitative estimate of drug-likeness (QED) is 0.781. The van der Waals surface area contributed by atoms with Gasteiger partial charge in [-0.2, -0.15) is 0 Å². The molecular weight excluding hydrogens is 290 g/mol. The lowest BCUT2D eigenvalue weighted by molar-refractivity contribution is 0.0120. The van der Waals surface area contributed by atoms with Gasteiger partial charge in [-0.05, 0) is 43.6 Å². The zero-order valence-electron chi connectivity index (χ0n) is 14.1. The Bertz CT molecular complexity index is 463. The molecule has 0 aliphatic carbocycles. The molecule has 1 aliphatic rings. The minimum atomic E-state index is -0.432. The SMILES string of the molecule is CCCCOC(=O)N1CCC(CCCc2ccccc2)C(O)C1. The van der Waals surface area contributed by atoms with E-state index in [-0.39, 0.29) is 6.09 Å². The highest BCUT2D eigenvalue weighted by atomic mass is 16.6. The average Bonchev–Trinajstić information content (AvgIpc) is 2.57. The number of amides is 1. The minimum absolute atomic E-state index is 0.278. The van der Waals surface area contributed by atoms with E-state index < -0.39 is 6.10 Å². The van der Waals surface area contributed by atoms with Crippen LogP contribution in [0, 0.1) is 5.92 Å². The molecule has 0 bridgehead atoms. The Morgan fingerprint density at radius 3 is 2.78 bits per heavy atom. The van der Waals surface area contributed by atoms with Gasteiger partial charge in [0.05, 0.1) is 19.3 Å². The number of ether oxygens (including phenoxy) is 1. The van der Waals surface area contributed by atoms with Crippen molar-refractivity contribution >= 4 is 6.09 Å². The normalized spacial score (nSPS) is 21.2. The monoisotopic (exact) mass is 319 g/mol. The molecule has 0 aromatic heterocycles. The van der Waals surface area contributed by atoms with Gasteiger partial charge in [0.25, 0.3) is 0 Å². The van der Waals surface area contributed by atoms with E-state index in [0.717, 1.165) is 38.5 Å². The summed E-state index contributed by atoms with van der Waals surface area (Å²) in [6, 6.07) is 10.4. The summed E-state index contributed by atoms with van der Waals surface area (Å²) in [7, 11) is 0. The van der Waals surface area contributed by atoms with Crippen LogP contribution in [-0.4, -0.2) is 41.9 Å². The molecule has 1 aromatic carbocycles. The van der Waals surface area contributed by atoms with Gasteiger partial charge in [0.2, 0.25) is 0 Å². The van der Waals surface area contributed by atoms with Crippen LogP contribution in [0.5, 0.6) is 0 Å². The summed E-state index contributed by atoms with van der Waals surface area (Å²) in [5.41, 5.74) is 1.35. The van der Waals surface area contributed by atoms with Crippen LogP contribution in [0.15, 0.2) is 30.3 Å². The van der Waals surface area contributed by atoms with Crippen molar-refractivity contribution in [1.29, 1.82) is 0 Å². The zero-order valence-corrected chi connectivity index (χ0v) is 14.1. The first-order chi connectivity index (χ1) is 11.2. The van der Waals surface area contributed by atoms with Gasteiger partial charge in [-0.15, -0.1) is 0 Å². The van der Waals surface area contributed by atoms with E-state index in [0.29, 0.717) is 25.6 Å². The number of piperidine rings is 1. The average molecular weight is 319 g/mol. The van der Waals surface area contributed by atoms with Crippen molar-refractivity contribution in [3.05, 3.63) is 35.9 Å². The molecule has 0 radical (unpaired) electrons. The minimum Gasteiger partial charge on any atom is -0.449 e. The molecule has 2 atom stereocenters. The summed E-state index contributed by atoms with van der Waals surface area (Å²) >= 11 is 0. The van der Waals surface area contributed by atoms with Crippen molar-refractivity contribution in [2.24, 2.45) is 5.92 Å².